The summed E-state index contributed by atoms with van der Waals surface area (Å²) in [5.74, 6) is 0.0963. The van der Waals surface area contributed by atoms with Crippen molar-refractivity contribution < 1.29 is 9.53 Å². The van der Waals surface area contributed by atoms with E-state index in [9.17, 15) is 4.79 Å². The van der Waals surface area contributed by atoms with Crippen LogP contribution in [0, 0.1) is 0 Å². The molecule has 1 aliphatic carbocycles. The van der Waals surface area contributed by atoms with Crippen LogP contribution in [0.15, 0.2) is 6.20 Å². The highest BCUT2D eigenvalue weighted by Gasteiger charge is 2.36. The zero-order chi connectivity index (χ0) is 13.0. The average Bonchev–Trinajstić information content (AvgIpc) is 2.73. The van der Waals surface area contributed by atoms with Crippen molar-refractivity contribution >= 4 is 17.1 Å². The summed E-state index contributed by atoms with van der Waals surface area (Å²) in [7, 11) is 0. The number of carbonyl (C=O) groups excluding carboxylic acids is 1. The third kappa shape index (κ3) is 2.81. The van der Waals surface area contributed by atoms with Gasteiger partial charge in [-0.15, -0.1) is 11.3 Å². The molecule has 0 radical (unpaired) electrons. The molecule has 1 aliphatic rings. The van der Waals surface area contributed by atoms with Crippen LogP contribution in [-0.4, -0.2) is 17.4 Å². The van der Waals surface area contributed by atoms with Crippen LogP contribution >= 0.6 is 11.3 Å². The minimum Gasteiger partial charge on any atom is -0.368 e. The van der Waals surface area contributed by atoms with Gasteiger partial charge in [0.2, 0.25) is 0 Å². The lowest BCUT2D eigenvalue weighted by Crippen LogP contribution is -2.29. The Morgan fingerprint density at radius 2 is 2.06 bits per heavy atom. The topological polar surface area (TPSA) is 39.2 Å². The molecule has 0 bridgehead atoms. The number of aromatic nitrogens is 1. The van der Waals surface area contributed by atoms with Crippen LogP contribution in [0.1, 0.15) is 67.1 Å². The highest BCUT2D eigenvalue weighted by Crippen LogP contribution is 2.41. The largest absolute Gasteiger partial charge is 0.368 e. The predicted octanol–water partition coefficient (Wildman–Crippen LogP) is 3.93. The SMILES string of the molecule is CCOC1(c2ncc(C(C)=O)s2)CCCCCC1. The minimum absolute atomic E-state index is 0.0963. The van der Waals surface area contributed by atoms with Gasteiger partial charge in [-0.05, 0) is 19.8 Å². The van der Waals surface area contributed by atoms with E-state index in [4.69, 9.17) is 4.74 Å². The van der Waals surface area contributed by atoms with Crippen LogP contribution in [0.5, 0.6) is 0 Å². The second-order valence-corrected chi connectivity index (χ2v) is 5.96. The van der Waals surface area contributed by atoms with Gasteiger partial charge >= 0.3 is 0 Å². The Hall–Kier alpha value is -0.740. The number of ether oxygens (including phenoxy) is 1. The van der Waals surface area contributed by atoms with Gasteiger partial charge < -0.3 is 4.74 Å². The van der Waals surface area contributed by atoms with Crippen molar-refractivity contribution in [1.29, 1.82) is 0 Å². The predicted molar refractivity (Wildman–Crippen MR) is 73.1 cm³/mol. The first-order valence-electron chi connectivity index (χ1n) is 6.79. The van der Waals surface area contributed by atoms with Crippen molar-refractivity contribution in [3.8, 4) is 0 Å². The average molecular weight is 267 g/mol. The molecule has 2 rings (SSSR count). The molecule has 4 heteroatoms. The summed E-state index contributed by atoms with van der Waals surface area (Å²) < 4.78 is 6.07. The molecule has 1 aromatic rings. The molecular weight excluding hydrogens is 246 g/mol. The molecule has 0 aromatic carbocycles. The summed E-state index contributed by atoms with van der Waals surface area (Å²) in [5, 5.41) is 0.997. The zero-order valence-corrected chi connectivity index (χ0v) is 12.0. The first-order chi connectivity index (χ1) is 8.68. The van der Waals surface area contributed by atoms with E-state index < -0.39 is 0 Å². The van der Waals surface area contributed by atoms with Crippen molar-refractivity contribution in [1.82, 2.24) is 4.98 Å². The highest BCUT2D eigenvalue weighted by atomic mass is 32.1. The van der Waals surface area contributed by atoms with E-state index in [0.29, 0.717) is 6.61 Å². The summed E-state index contributed by atoms with van der Waals surface area (Å²) in [6.45, 7) is 4.33. The summed E-state index contributed by atoms with van der Waals surface area (Å²) >= 11 is 1.51. The van der Waals surface area contributed by atoms with Gasteiger partial charge in [0.25, 0.3) is 0 Å². The molecule has 18 heavy (non-hydrogen) atoms. The van der Waals surface area contributed by atoms with Crippen molar-refractivity contribution in [2.45, 2.75) is 58.0 Å². The molecule has 0 spiro atoms. The molecule has 1 heterocycles. The van der Waals surface area contributed by atoms with Crippen molar-refractivity contribution in [3.63, 3.8) is 0 Å². The van der Waals surface area contributed by atoms with Crippen LogP contribution in [0.3, 0.4) is 0 Å². The molecule has 0 aliphatic heterocycles. The van der Waals surface area contributed by atoms with Gasteiger partial charge in [0.1, 0.15) is 10.6 Å². The molecule has 100 valence electrons. The summed E-state index contributed by atoms with van der Waals surface area (Å²) in [6.07, 6.45) is 8.70. The maximum atomic E-state index is 11.4. The van der Waals surface area contributed by atoms with Gasteiger partial charge in [-0.3, -0.25) is 4.79 Å². The molecule has 1 saturated carbocycles. The lowest BCUT2D eigenvalue weighted by atomic mass is 9.95. The zero-order valence-electron chi connectivity index (χ0n) is 11.2. The van der Waals surface area contributed by atoms with Gasteiger partial charge in [-0.25, -0.2) is 4.98 Å². The van der Waals surface area contributed by atoms with Gasteiger partial charge in [0.05, 0.1) is 4.88 Å². The number of carbonyl (C=O) groups is 1. The molecule has 0 saturated heterocycles. The first kappa shape index (κ1) is 13.7. The van der Waals surface area contributed by atoms with Crippen molar-refractivity contribution in [2.24, 2.45) is 0 Å². The molecular formula is C14H21NO2S. The Morgan fingerprint density at radius 1 is 1.39 bits per heavy atom. The second-order valence-electron chi connectivity index (χ2n) is 4.93. The number of rotatable bonds is 4. The fraction of sp³-hybridized carbons (Fsp3) is 0.714. The van der Waals surface area contributed by atoms with E-state index in [-0.39, 0.29) is 11.4 Å². The van der Waals surface area contributed by atoms with Gasteiger partial charge in [0.15, 0.2) is 5.78 Å². The van der Waals surface area contributed by atoms with Crippen LogP contribution in [0.4, 0.5) is 0 Å². The normalized spacial score (nSPS) is 19.4. The van der Waals surface area contributed by atoms with Gasteiger partial charge in [-0.1, -0.05) is 25.7 Å². The number of hydrogen-bond donors (Lipinski definition) is 0. The monoisotopic (exact) mass is 267 g/mol. The maximum absolute atomic E-state index is 11.4. The third-order valence-corrected chi connectivity index (χ3v) is 4.86. The number of hydrogen-bond acceptors (Lipinski definition) is 4. The fourth-order valence-electron chi connectivity index (χ4n) is 2.64. The molecule has 0 N–H and O–H groups in total. The van der Waals surface area contributed by atoms with Gasteiger partial charge in [0, 0.05) is 19.7 Å². The van der Waals surface area contributed by atoms with E-state index >= 15 is 0 Å². The Morgan fingerprint density at radius 3 is 2.56 bits per heavy atom. The minimum atomic E-state index is -0.233. The second kappa shape index (κ2) is 5.93. The van der Waals surface area contributed by atoms with E-state index in [1.54, 1.807) is 13.1 Å². The summed E-state index contributed by atoms with van der Waals surface area (Å²) in [4.78, 5) is 16.6. The van der Waals surface area contributed by atoms with E-state index in [1.165, 1.54) is 37.0 Å². The molecule has 1 aromatic heterocycles. The quantitative estimate of drug-likeness (QED) is 0.613. The van der Waals surface area contributed by atoms with E-state index in [0.717, 1.165) is 22.7 Å². The van der Waals surface area contributed by atoms with Crippen LogP contribution in [0.2, 0.25) is 0 Å². The smallest absolute Gasteiger partial charge is 0.171 e. The number of nitrogens with zero attached hydrogens (tertiary/aromatic N) is 1. The van der Waals surface area contributed by atoms with Crippen LogP contribution in [0.25, 0.3) is 0 Å². The molecule has 1 fully saturated rings. The maximum Gasteiger partial charge on any atom is 0.171 e. The molecule has 0 atom stereocenters. The number of ketones is 1. The molecule has 3 nitrogen and oxygen atoms in total. The Balaban J connectivity index is 2.29. The summed E-state index contributed by atoms with van der Waals surface area (Å²) in [5.41, 5.74) is -0.233. The fourth-order valence-corrected chi connectivity index (χ4v) is 3.66. The Labute approximate surface area is 113 Å². The number of Topliss-reactive ketones (excluding diaryl/α,β-unsaturated/α-hetero) is 1. The van der Waals surface area contributed by atoms with E-state index in [1.807, 2.05) is 6.92 Å². The highest BCUT2D eigenvalue weighted by molar-refractivity contribution is 7.13. The summed E-state index contributed by atoms with van der Waals surface area (Å²) in [6, 6.07) is 0. The third-order valence-electron chi connectivity index (χ3n) is 3.57. The standard InChI is InChI=1S/C14H21NO2S/c1-3-17-14(8-6-4-5-7-9-14)13-15-10-12(18-13)11(2)16/h10H,3-9H2,1-2H3. The Bertz CT molecular complexity index is 406. The lowest BCUT2D eigenvalue weighted by Gasteiger charge is -2.30. The molecule has 0 unspecified atom stereocenters. The van der Waals surface area contributed by atoms with Crippen LogP contribution in [-0.2, 0) is 10.3 Å². The van der Waals surface area contributed by atoms with Gasteiger partial charge in [-0.2, -0.15) is 0 Å². The first-order valence-corrected chi connectivity index (χ1v) is 7.61. The van der Waals surface area contributed by atoms with Crippen molar-refractivity contribution in [3.05, 3.63) is 16.1 Å². The Kier molecular flexibility index (Phi) is 4.51. The molecule has 0 amide bonds. The van der Waals surface area contributed by atoms with Crippen LogP contribution < -0.4 is 0 Å². The van der Waals surface area contributed by atoms with Crippen molar-refractivity contribution in [2.75, 3.05) is 6.61 Å². The number of thiazole rings is 1. The van der Waals surface area contributed by atoms with E-state index in [2.05, 4.69) is 4.98 Å². The lowest BCUT2D eigenvalue weighted by molar-refractivity contribution is -0.0559.